The molecule has 0 saturated heterocycles. The van der Waals surface area contributed by atoms with Crippen LogP contribution in [-0.2, 0) is 6.42 Å². The van der Waals surface area contributed by atoms with Gasteiger partial charge in [-0.2, -0.15) is 0 Å². The van der Waals surface area contributed by atoms with Crippen LogP contribution < -0.4 is 11.1 Å². The molecule has 21 heavy (non-hydrogen) atoms. The summed E-state index contributed by atoms with van der Waals surface area (Å²) in [5, 5.41) is 11.3. The number of nitrogens with one attached hydrogen (secondary N) is 1. The highest BCUT2D eigenvalue weighted by Gasteiger charge is 2.03. The van der Waals surface area contributed by atoms with Crippen molar-refractivity contribution in [3.05, 3.63) is 60.6 Å². The van der Waals surface area contributed by atoms with E-state index in [0.717, 1.165) is 17.2 Å². The lowest BCUT2D eigenvalue weighted by molar-refractivity contribution is 0.847. The Labute approximate surface area is 122 Å². The second-order valence-electron chi connectivity index (χ2n) is 4.55. The molecule has 0 unspecified atom stereocenters. The quantitative estimate of drug-likeness (QED) is 0.563. The van der Waals surface area contributed by atoms with Crippen LogP contribution in [0.4, 0.5) is 5.69 Å². The molecular weight excluding hydrogens is 264 g/mol. The maximum Gasteiger partial charge on any atom is 0.193 e. The standard InChI is InChI=1S/C15H16N6/c16-15(18-12-6-2-1-3-7-12)17-10-9-14-20-19-13-8-4-5-11-21(13)14/h1-8,11H,9-10H2,(H3,16,17,18). The fraction of sp³-hybridized carbons (Fsp3) is 0.133. The molecule has 0 spiro atoms. The maximum atomic E-state index is 5.85. The Kier molecular flexibility index (Phi) is 3.77. The third-order valence-electron chi connectivity index (χ3n) is 3.05. The van der Waals surface area contributed by atoms with Gasteiger partial charge in [-0.3, -0.25) is 9.39 Å². The zero-order valence-electron chi connectivity index (χ0n) is 11.5. The summed E-state index contributed by atoms with van der Waals surface area (Å²) >= 11 is 0. The van der Waals surface area contributed by atoms with Crippen molar-refractivity contribution in [2.75, 3.05) is 11.9 Å². The van der Waals surface area contributed by atoms with Gasteiger partial charge in [0.25, 0.3) is 0 Å². The normalized spacial score (nSPS) is 11.7. The van der Waals surface area contributed by atoms with E-state index < -0.39 is 0 Å². The van der Waals surface area contributed by atoms with Gasteiger partial charge in [-0.25, -0.2) is 0 Å². The second-order valence-corrected chi connectivity index (χ2v) is 4.55. The minimum Gasteiger partial charge on any atom is -0.370 e. The molecule has 0 bridgehead atoms. The van der Waals surface area contributed by atoms with Crippen LogP contribution >= 0.6 is 0 Å². The van der Waals surface area contributed by atoms with Crippen molar-refractivity contribution in [3.8, 4) is 0 Å². The van der Waals surface area contributed by atoms with Crippen molar-refractivity contribution in [2.24, 2.45) is 10.7 Å². The van der Waals surface area contributed by atoms with Gasteiger partial charge >= 0.3 is 0 Å². The molecule has 0 atom stereocenters. The van der Waals surface area contributed by atoms with Crippen LogP contribution in [-0.4, -0.2) is 27.1 Å². The number of fused-ring (bicyclic) bond motifs is 1. The van der Waals surface area contributed by atoms with Crippen molar-refractivity contribution in [1.82, 2.24) is 14.6 Å². The summed E-state index contributed by atoms with van der Waals surface area (Å²) in [6.45, 7) is 0.557. The highest BCUT2D eigenvalue weighted by atomic mass is 15.2. The number of nitrogens with two attached hydrogens (primary N) is 1. The molecule has 0 aliphatic rings. The monoisotopic (exact) mass is 280 g/mol. The summed E-state index contributed by atoms with van der Waals surface area (Å²) in [6.07, 6.45) is 2.63. The molecule has 3 N–H and O–H groups in total. The Bertz CT molecular complexity index is 747. The van der Waals surface area contributed by atoms with Crippen molar-refractivity contribution in [1.29, 1.82) is 0 Å². The molecule has 3 rings (SSSR count). The Balaban J connectivity index is 1.61. The summed E-state index contributed by atoms with van der Waals surface area (Å²) in [4.78, 5) is 4.30. The number of pyridine rings is 1. The van der Waals surface area contributed by atoms with Gasteiger partial charge in [-0.05, 0) is 24.3 Å². The lowest BCUT2D eigenvalue weighted by Gasteiger charge is -2.04. The first-order valence-electron chi connectivity index (χ1n) is 6.73. The minimum absolute atomic E-state index is 0.398. The lowest BCUT2D eigenvalue weighted by atomic mass is 10.3. The van der Waals surface area contributed by atoms with Gasteiger partial charge in [0.15, 0.2) is 11.6 Å². The first-order valence-corrected chi connectivity index (χ1v) is 6.73. The topological polar surface area (TPSA) is 80.6 Å². The molecule has 1 aromatic carbocycles. The molecule has 2 aromatic heterocycles. The van der Waals surface area contributed by atoms with Gasteiger partial charge in [-0.15, -0.1) is 10.2 Å². The summed E-state index contributed by atoms with van der Waals surface area (Å²) in [7, 11) is 0. The molecule has 0 fully saturated rings. The van der Waals surface area contributed by atoms with E-state index in [0.29, 0.717) is 18.9 Å². The largest absolute Gasteiger partial charge is 0.370 e. The Hall–Kier alpha value is -2.89. The van der Waals surface area contributed by atoms with E-state index >= 15 is 0 Å². The molecule has 2 heterocycles. The van der Waals surface area contributed by atoms with Crippen LogP contribution in [0.3, 0.4) is 0 Å². The number of benzene rings is 1. The first kappa shape index (κ1) is 13.1. The highest BCUT2D eigenvalue weighted by Crippen LogP contribution is 2.05. The van der Waals surface area contributed by atoms with E-state index in [-0.39, 0.29) is 0 Å². The average Bonchev–Trinajstić information content (AvgIpc) is 2.92. The van der Waals surface area contributed by atoms with Gasteiger partial charge in [0.1, 0.15) is 5.82 Å². The van der Waals surface area contributed by atoms with E-state index in [1.165, 1.54) is 0 Å². The van der Waals surface area contributed by atoms with Gasteiger partial charge in [0, 0.05) is 24.8 Å². The second kappa shape index (κ2) is 6.04. The molecule has 0 aliphatic carbocycles. The predicted octanol–water partition coefficient (Wildman–Crippen LogP) is 1.70. The average molecular weight is 280 g/mol. The molecule has 0 aliphatic heterocycles. The van der Waals surface area contributed by atoms with Gasteiger partial charge in [-0.1, -0.05) is 24.3 Å². The summed E-state index contributed by atoms with van der Waals surface area (Å²) < 4.78 is 1.95. The molecular formula is C15H16N6. The predicted molar refractivity (Wildman–Crippen MR) is 83.2 cm³/mol. The SMILES string of the molecule is NC(=NCCc1nnc2ccccn12)Nc1ccccc1. The molecule has 0 radical (unpaired) electrons. The summed E-state index contributed by atoms with van der Waals surface area (Å²) in [5.41, 5.74) is 7.62. The lowest BCUT2D eigenvalue weighted by Crippen LogP contribution is -2.23. The first-order chi connectivity index (χ1) is 10.3. The van der Waals surface area contributed by atoms with Crippen molar-refractivity contribution >= 4 is 17.3 Å². The van der Waals surface area contributed by atoms with E-state index in [1.807, 2.05) is 59.1 Å². The van der Waals surface area contributed by atoms with Crippen LogP contribution in [0.25, 0.3) is 5.65 Å². The van der Waals surface area contributed by atoms with Crippen molar-refractivity contribution in [2.45, 2.75) is 6.42 Å². The number of para-hydroxylation sites is 1. The molecule has 0 amide bonds. The van der Waals surface area contributed by atoms with E-state index in [9.17, 15) is 0 Å². The third-order valence-corrected chi connectivity index (χ3v) is 3.05. The number of rotatable bonds is 4. The maximum absolute atomic E-state index is 5.85. The van der Waals surface area contributed by atoms with Crippen molar-refractivity contribution in [3.63, 3.8) is 0 Å². The van der Waals surface area contributed by atoms with Gasteiger partial charge < -0.3 is 11.1 Å². The number of anilines is 1. The van der Waals surface area contributed by atoms with Gasteiger partial charge in [0.2, 0.25) is 0 Å². The Morgan fingerprint density at radius 3 is 2.76 bits per heavy atom. The molecule has 6 heteroatoms. The third kappa shape index (κ3) is 3.17. The molecule has 0 saturated carbocycles. The van der Waals surface area contributed by atoms with Crippen molar-refractivity contribution < 1.29 is 0 Å². The summed E-state index contributed by atoms with van der Waals surface area (Å²) in [5.74, 6) is 1.27. The molecule has 3 aromatic rings. The number of hydrogen-bond acceptors (Lipinski definition) is 3. The fourth-order valence-electron chi connectivity index (χ4n) is 2.05. The Morgan fingerprint density at radius 2 is 1.90 bits per heavy atom. The highest BCUT2D eigenvalue weighted by molar-refractivity contribution is 5.92. The minimum atomic E-state index is 0.398. The summed E-state index contributed by atoms with van der Waals surface area (Å²) in [6, 6.07) is 15.5. The fourth-order valence-corrected chi connectivity index (χ4v) is 2.05. The van der Waals surface area contributed by atoms with Crippen LogP contribution in [0, 0.1) is 0 Å². The zero-order chi connectivity index (χ0) is 14.5. The van der Waals surface area contributed by atoms with E-state index in [2.05, 4.69) is 20.5 Å². The van der Waals surface area contributed by atoms with E-state index in [1.54, 1.807) is 0 Å². The van der Waals surface area contributed by atoms with Crippen LogP contribution in [0.1, 0.15) is 5.82 Å². The number of aromatic nitrogens is 3. The Morgan fingerprint density at radius 1 is 1.10 bits per heavy atom. The number of aliphatic imine (C=N–C) groups is 1. The number of guanidine groups is 1. The van der Waals surface area contributed by atoms with Crippen LogP contribution in [0.2, 0.25) is 0 Å². The van der Waals surface area contributed by atoms with Crippen LogP contribution in [0.5, 0.6) is 0 Å². The van der Waals surface area contributed by atoms with Crippen LogP contribution in [0.15, 0.2) is 59.7 Å². The number of nitrogens with zero attached hydrogens (tertiary/aromatic N) is 4. The zero-order valence-corrected chi connectivity index (χ0v) is 11.5. The molecule has 106 valence electrons. The smallest absolute Gasteiger partial charge is 0.193 e. The molecule has 6 nitrogen and oxygen atoms in total. The van der Waals surface area contributed by atoms with Gasteiger partial charge in [0.05, 0.1) is 0 Å². The number of hydrogen-bond donors (Lipinski definition) is 2. The van der Waals surface area contributed by atoms with E-state index in [4.69, 9.17) is 5.73 Å².